The van der Waals surface area contributed by atoms with Gasteiger partial charge in [-0.1, -0.05) is 13.8 Å². The summed E-state index contributed by atoms with van der Waals surface area (Å²) >= 11 is 0. The standard InChI is InChI=1S/C14H19N3O2/c1-9(2)13-14(19)17(5-4-12(18)16-13)11-6-10(3)7-15-8-11/h6-9,13H,4-5H2,1-3H3,(H,16,18). The lowest BCUT2D eigenvalue weighted by atomic mass is 10.0. The predicted octanol–water partition coefficient (Wildman–Crippen LogP) is 1.27. The summed E-state index contributed by atoms with van der Waals surface area (Å²) in [5, 5.41) is 2.79. The zero-order valence-electron chi connectivity index (χ0n) is 11.5. The SMILES string of the molecule is Cc1cncc(N2CCC(=O)NC(C(C)C)C2=O)c1. The Bertz CT molecular complexity index is 499. The van der Waals surface area contributed by atoms with Crippen molar-refractivity contribution in [3.05, 3.63) is 24.0 Å². The summed E-state index contributed by atoms with van der Waals surface area (Å²) in [6, 6.07) is 1.45. The molecule has 1 aromatic rings. The molecule has 2 amide bonds. The summed E-state index contributed by atoms with van der Waals surface area (Å²) in [7, 11) is 0. The first kappa shape index (κ1) is 13.5. The summed E-state index contributed by atoms with van der Waals surface area (Å²) < 4.78 is 0. The van der Waals surface area contributed by atoms with E-state index < -0.39 is 6.04 Å². The highest BCUT2D eigenvalue weighted by molar-refractivity contribution is 6.01. The lowest BCUT2D eigenvalue weighted by Crippen LogP contribution is -2.47. The van der Waals surface area contributed by atoms with Crippen molar-refractivity contribution in [1.29, 1.82) is 0 Å². The fourth-order valence-electron chi connectivity index (χ4n) is 2.19. The fourth-order valence-corrected chi connectivity index (χ4v) is 2.19. The molecule has 0 spiro atoms. The zero-order valence-corrected chi connectivity index (χ0v) is 11.5. The lowest BCUT2D eigenvalue weighted by Gasteiger charge is -2.26. The molecular formula is C14H19N3O2. The number of amides is 2. The Morgan fingerprint density at radius 1 is 1.37 bits per heavy atom. The Labute approximate surface area is 113 Å². The first-order valence-electron chi connectivity index (χ1n) is 6.51. The molecule has 0 aliphatic carbocycles. The van der Waals surface area contributed by atoms with Crippen molar-refractivity contribution in [2.24, 2.45) is 5.92 Å². The molecule has 1 N–H and O–H groups in total. The second-order valence-electron chi connectivity index (χ2n) is 5.25. The Morgan fingerprint density at radius 3 is 2.74 bits per heavy atom. The van der Waals surface area contributed by atoms with Crippen LogP contribution in [0.2, 0.25) is 0 Å². The number of aryl methyl sites for hydroxylation is 1. The first-order chi connectivity index (χ1) is 8.99. The Hall–Kier alpha value is -1.91. The summed E-state index contributed by atoms with van der Waals surface area (Å²) in [6.45, 7) is 6.20. The highest BCUT2D eigenvalue weighted by Crippen LogP contribution is 2.19. The van der Waals surface area contributed by atoms with Gasteiger partial charge in [0.25, 0.3) is 0 Å². The van der Waals surface area contributed by atoms with Gasteiger partial charge in [-0.2, -0.15) is 0 Å². The molecule has 1 aliphatic rings. The van der Waals surface area contributed by atoms with Gasteiger partial charge in [-0.15, -0.1) is 0 Å². The van der Waals surface area contributed by atoms with Crippen LogP contribution < -0.4 is 10.2 Å². The van der Waals surface area contributed by atoms with E-state index in [9.17, 15) is 9.59 Å². The topological polar surface area (TPSA) is 62.3 Å². The van der Waals surface area contributed by atoms with E-state index in [1.807, 2.05) is 26.8 Å². The van der Waals surface area contributed by atoms with Crippen LogP contribution in [0.5, 0.6) is 0 Å². The van der Waals surface area contributed by atoms with Crippen LogP contribution in [0.15, 0.2) is 18.5 Å². The smallest absolute Gasteiger partial charge is 0.249 e. The van der Waals surface area contributed by atoms with Gasteiger partial charge >= 0.3 is 0 Å². The van der Waals surface area contributed by atoms with Gasteiger partial charge in [0.1, 0.15) is 6.04 Å². The third-order valence-electron chi connectivity index (χ3n) is 3.25. The minimum Gasteiger partial charge on any atom is -0.344 e. The molecule has 102 valence electrons. The number of rotatable bonds is 2. The molecule has 2 rings (SSSR count). The van der Waals surface area contributed by atoms with E-state index in [1.54, 1.807) is 17.3 Å². The predicted molar refractivity (Wildman–Crippen MR) is 72.7 cm³/mol. The van der Waals surface area contributed by atoms with Crippen LogP contribution in [0.3, 0.4) is 0 Å². The van der Waals surface area contributed by atoms with E-state index in [4.69, 9.17) is 0 Å². The maximum Gasteiger partial charge on any atom is 0.249 e. The lowest BCUT2D eigenvalue weighted by molar-refractivity contribution is -0.126. The van der Waals surface area contributed by atoms with Crippen LogP contribution in [0.1, 0.15) is 25.8 Å². The number of carbonyl (C=O) groups is 2. The van der Waals surface area contributed by atoms with Crippen molar-refractivity contribution in [3.8, 4) is 0 Å². The second-order valence-corrected chi connectivity index (χ2v) is 5.25. The third-order valence-corrected chi connectivity index (χ3v) is 3.25. The molecule has 5 nitrogen and oxygen atoms in total. The van der Waals surface area contributed by atoms with Gasteiger partial charge in [0.2, 0.25) is 11.8 Å². The average Bonchev–Trinajstić information content (AvgIpc) is 2.49. The number of hydrogen-bond donors (Lipinski definition) is 1. The quantitative estimate of drug-likeness (QED) is 0.872. The minimum absolute atomic E-state index is 0.0618. The zero-order chi connectivity index (χ0) is 14.0. The van der Waals surface area contributed by atoms with E-state index in [2.05, 4.69) is 10.3 Å². The largest absolute Gasteiger partial charge is 0.344 e. The summed E-state index contributed by atoms with van der Waals surface area (Å²) in [5.74, 6) is -0.0711. The van der Waals surface area contributed by atoms with Crippen LogP contribution in [-0.2, 0) is 9.59 Å². The highest BCUT2D eigenvalue weighted by atomic mass is 16.2. The number of nitrogens with zero attached hydrogens (tertiary/aromatic N) is 2. The molecule has 0 aromatic carbocycles. The van der Waals surface area contributed by atoms with Crippen molar-refractivity contribution in [3.63, 3.8) is 0 Å². The van der Waals surface area contributed by atoms with Crippen molar-refractivity contribution in [1.82, 2.24) is 10.3 Å². The number of pyridine rings is 1. The van der Waals surface area contributed by atoms with E-state index >= 15 is 0 Å². The van der Waals surface area contributed by atoms with Crippen molar-refractivity contribution in [2.75, 3.05) is 11.4 Å². The average molecular weight is 261 g/mol. The van der Waals surface area contributed by atoms with Crippen molar-refractivity contribution < 1.29 is 9.59 Å². The number of carbonyl (C=O) groups excluding carboxylic acids is 2. The van der Waals surface area contributed by atoms with Gasteiger partial charge in [0.05, 0.1) is 11.9 Å². The Morgan fingerprint density at radius 2 is 2.11 bits per heavy atom. The third kappa shape index (κ3) is 2.92. The van der Waals surface area contributed by atoms with Crippen LogP contribution in [-0.4, -0.2) is 29.4 Å². The van der Waals surface area contributed by atoms with Gasteiger partial charge in [-0.05, 0) is 24.5 Å². The van der Waals surface area contributed by atoms with Crippen molar-refractivity contribution in [2.45, 2.75) is 33.2 Å². The minimum atomic E-state index is -0.462. The normalized spacial score (nSPS) is 20.4. The maximum atomic E-state index is 12.5. The molecule has 19 heavy (non-hydrogen) atoms. The highest BCUT2D eigenvalue weighted by Gasteiger charge is 2.32. The molecule has 1 atom stereocenters. The Balaban J connectivity index is 2.33. The molecule has 0 bridgehead atoms. The number of anilines is 1. The first-order valence-corrected chi connectivity index (χ1v) is 6.51. The van der Waals surface area contributed by atoms with Crippen LogP contribution in [0.4, 0.5) is 5.69 Å². The molecule has 1 aliphatic heterocycles. The summed E-state index contributed by atoms with van der Waals surface area (Å²) in [4.78, 5) is 30.0. The second kappa shape index (κ2) is 5.38. The summed E-state index contributed by atoms with van der Waals surface area (Å²) in [5.41, 5.74) is 1.75. The van der Waals surface area contributed by atoms with Gasteiger partial charge in [0, 0.05) is 19.2 Å². The molecule has 0 saturated carbocycles. The van der Waals surface area contributed by atoms with Gasteiger partial charge in [-0.3, -0.25) is 14.6 Å². The number of hydrogen-bond acceptors (Lipinski definition) is 3. The van der Waals surface area contributed by atoms with Gasteiger partial charge in [-0.25, -0.2) is 0 Å². The van der Waals surface area contributed by atoms with Crippen LogP contribution in [0, 0.1) is 12.8 Å². The molecule has 2 heterocycles. The maximum absolute atomic E-state index is 12.5. The van der Waals surface area contributed by atoms with Crippen LogP contribution in [0.25, 0.3) is 0 Å². The van der Waals surface area contributed by atoms with Crippen LogP contribution >= 0.6 is 0 Å². The Kier molecular flexibility index (Phi) is 3.83. The van der Waals surface area contributed by atoms with Crippen molar-refractivity contribution >= 4 is 17.5 Å². The molecule has 1 unspecified atom stereocenters. The van der Waals surface area contributed by atoms with E-state index in [1.165, 1.54) is 0 Å². The fraction of sp³-hybridized carbons (Fsp3) is 0.500. The molecule has 5 heteroatoms. The van der Waals surface area contributed by atoms with Gasteiger partial charge < -0.3 is 10.2 Å². The molecule has 1 aromatic heterocycles. The monoisotopic (exact) mass is 261 g/mol. The molecule has 1 saturated heterocycles. The van der Waals surface area contributed by atoms with E-state index in [-0.39, 0.29) is 17.7 Å². The van der Waals surface area contributed by atoms with E-state index in [0.717, 1.165) is 11.3 Å². The number of aromatic nitrogens is 1. The summed E-state index contributed by atoms with van der Waals surface area (Å²) in [6.07, 6.45) is 3.73. The molecule has 0 radical (unpaired) electrons. The van der Waals surface area contributed by atoms with E-state index in [0.29, 0.717) is 13.0 Å². The number of nitrogens with one attached hydrogen (secondary N) is 1. The van der Waals surface area contributed by atoms with Gasteiger partial charge in [0.15, 0.2) is 0 Å². The molecule has 1 fully saturated rings. The molecular weight excluding hydrogens is 242 g/mol.